The van der Waals surface area contributed by atoms with Crippen molar-refractivity contribution >= 4 is 5.91 Å². The van der Waals surface area contributed by atoms with Gasteiger partial charge in [0, 0.05) is 12.6 Å². The largest absolute Gasteiger partial charge is 0.487 e. The Balaban J connectivity index is 1.46. The van der Waals surface area contributed by atoms with Crippen LogP contribution < -0.4 is 4.74 Å². The second-order valence-electron chi connectivity index (χ2n) is 6.91. The third kappa shape index (κ3) is 2.90. The zero-order valence-electron chi connectivity index (χ0n) is 14.0. The minimum atomic E-state index is 0.110. The van der Waals surface area contributed by atoms with Crippen molar-refractivity contribution in [1.29, 1.82) is 0 Å². The fourth-order valence-corrected chi connectivity index (χ4v) is 3.44. The number of ether oxygens (including phenoxy) is 1. The fourth-order valence-electron chi connectivity index (χ4n) is 3.44. The summed E-state index contributed by atoms with van der Waals surface area (Å²) in [6.45, 7) is 4.15. The van der Waals surface area contributed by atoms with Crippen LogP contribution >= 0.6 is 0 Å². The molecule has 0 saturated heterocycles. The summed E-state index contributed by atoms with van der Waals surface area (Å²) in [5.74, 6) is 1.61. The topological polar surface area (TPSA) is 47.4 Å². The Labute approximate surface area is 142 Å². The van der Waals surface area contributed by atoms with Gasteiger partial charge in [0.2, 0.25) is 0 Å². The highest BCUT2D eigenvalue weighted by molar-refractivity contribution is 5.93. The van der Waals surface area contributed by atoms with Gasteiger partial charge in [-0.15, -0.1) is 0 Å². The lowest BCUT2D eigenvalue weighted by atomic mass is 9.84. The monoisotopic (exact) mass is 325 g/mol. The second kappa shape index (κ2) is 6.30. The number of benzene rings is 1. The first-order valence-electron chi connectivity index (χ1n) is 8.76. The number of para-hydroxylation sites is 1. The Morgan fingerprint density at radius 2 is 2.04 bits per heavy atom. The van der Waals surface area contributed by atoms with Crippen LogP contribution in [0.1, 0.15) is 42.4 Å². The van der Waals surface area contributed by atoms with E-state index in [1.165, 1.54) is 19.3 Å². The lowest BCUT2D eigenvalue weighted by Gasteiger charge is -2.38. The molecule has 1 atom stereocenters. The van der Waals surface area contributed by atoms with Gasteiger partial charge in [0.15, 0.2) is 0 Å². The van der Waals surface area contributed by atoms with Crippen molar-refractivity contribution in [1.82, 2.24) is 14.7 Å². The molecule has 1 saturated carbocycles. The lowest BCUT2D eigenvalue weighted by Crippen LogP contribution is -2.49. The number of carbonyl (C=O) groups is 1. The lowest BCUT2D eigenvalue weighted by molar-refractivity contribution is 0.0518. The number of fused-ring (bicyclic) bond motifs is 1. The van der Waals surface area contributed by atoms with E-state index in [9.17, 15) is 4.79 Å². The smallest absolute Gasteiger partial charge is 0.272 e. The highest BCUT2D eigenvalue weighted by Gasteiger charge is 2.34. The van der Waals surface area contributed by atoms with E-state index in [1.807, 2.05) is 46.0 Å². The molecule has 0 N–H and O–H groups in total. The number of hydrogen-bond acceptors (Lipinski definition) is 3. The zero-order valence-corrected chi connectivity index (χ0v) is 14.0. The molecule has 126 valence electrons. The Morgan fingerprint density at radius 1 is 1.25 bits per heavy atom. The highest BCUT2D eigenvalue weighted by atomic mass is 16.5. The summed E-state index contributed by atoms with van der Waals surface area (Å²) in [4.78, 5) is 14.8. The van der Waals surface area contributed by atoms with Crippen molar-refractivity contribution in [3.63, 3.8) is 0 Å². The molecular formula is C19H23N3O2. The van der Waals surface area contributed by atoms with Gasteiger partial charge >= 0.3 is 0 Å². The summed E-state index contributed by atoms with van der Waals surface area (Å²) >= 11 is 0. The van der Waals surface area contributed by atoms with Crippen molar-refractivity contribution in [2.75, 3.05) is 6.54 Å². The molecule has 0 unspecified atom stereocenters. The van der Waals surface area contributed by atoms with Gasteiger partial charge in [-0.2, -0.15) is 5.10 Å². The van der Waals surface area contributed by atoms with E-state index >= 15 is 0 Å². The van der Waals surface area contributed by atoms with Crippen LogP contribution in [0.5, 0.6) is 5.75 Å². The quantitative estimate of drug-likeness (QED) is 0.848. The van der Waals surface area contributed by atoms with E-state index in [4.69, 9.17) is 4.74 Å². The Hall–Kier alpha value is -2.30. The molecule has 2 aromatic rings. The van der Waals surface area contributed by atoms with Crippen LogP contribution in [0.2, 0.25) is 0 Å². The maximum atomic E-state index is 12.8. The molecule has 1 aromatic carbocycles. The molecule has 4 rings (SSSR count). The molecule has 1 fully saturated rings. The Morgan fingerprint density at radius 3 is 2.75 bits per heavy atom. The third-order valence-corrected chi connectivity index (χ3v) is 5.09. The number of rotatable bonds is 5. The second-order valence-corrected chi connectivity index (χ2v) is 6.91. The van der Waals surface area contributed by atoms with Gasteiger partial charge in [-0.05, 0) is 43.9 Å². The zero-order chi connectivity index (χ0) is 16.5. The van der Waals surface area contributed by atoms with Gasteiger partial charge in [0.05, 0.1) is 6.54 Å². The Bertz CT molecular complexity index is 721. The van der Waals surface area contributed by atoms with Crippen molar-refractivity contribution in [2.24, 2.45) is 5.92 Å². The molecule has 5 heteroatoms. The molecule has 1 amide bonds. The normalized spacial score (nSPS) is 20.6. The number of aromatic nitrogens is 2. The molecule has 2 aliphatic rings. The molecule has 0 radical (unpaired) electrons. The fraction of sp³-hybridized carbons (Fsp3) is 0.474. The standard InChI is InChI=1S/C19H23N3O2/c1-14-11-22-18(19(23)21(14)12-15-6-5-7-15)10-16(20-22)13-24-17-8-3-2-4-9-17/h2-4,8-10,14-15H,5-7,11-13H2,1H3/t14-/m1/s1. The van der Waals surface area contributed by atoms with Crippen molar-refractivity contribution in [2.45, 2.75) is 45.4 Å². The predicted octanol–water partition coefficient (Wildman–Crippen LogP) is 3.11. The van der Waals surface area contributed by atoms with Crippen molar-refractivity contribution in [3.8, 4) is 5.75 Å². The van der Waals surface area contributed by atoms with E-state index in [0.717, 1.165) is 24.5 Å². The first-order chi connectivity index (χ1) is 11.7. The van der Waals surface area contributed by atoms with Gasteiger partial charge in [-0.1, -0.05) is 24.6 Å². The number of hydrogen-bond donors (Lipinski definition) is 0. The van der Waals surface area contributed by atoms with Gasteiger partial charge in [-0.3, -0.25) is 9.48 Å². The highest BCUT2D eigenvalue weighted by Crippen LogP contribution is 2.29. The SMILES string of the molecule is C[C@@H]1Cn2nc(COc3ccccc3)cc2C(=O)N1CC1CCC1. The van der Waals surface area contributed by atoms with Crippen LogP contribution in [-0.2, 0) is 13.2 Å². The number of amides is 1. The summed E-state index contributed by atoms with van der Waals surface area (Å²) in [7, 11) is 0. The maximum Gasteiger partial charge on any atom is 0.272 e. The predicted molar refractivity (Wildman–Crippen MR) is 90.8 cm³/mol. The summed E-state index contributed by atoms with van der Waals surface area (Å²) in [5, 5.41) is 4.56. The number of carbonyl (C=O) groups excluding carboxylic acids is 1. The van der Waals surface area contributed by atoms with Gasteiger partial charge in [-0.25, -0.2) is 0 Å². The van der Waals surface area contributed by atoms with Gasteiger partial charge in [0.1, 0.15) is 23.7 Å². The molecule has 1 aliphatic heterocycles. The minimum absolute atomic E-state index is 0.110. The Kier molecular flexibility index (Phi) is 4.00. The molecule has 5 nitrogen and oxygen atoms in total. The van der Waals surface area contributed by atoms with Gasteiger partial charge < -0.3 is 9.64 Å². The maximum absolute atomic E-state index is 12.8. The average Bonchev–Trinajstić information content (AvgIpc) is 2.95. The molecule has 1 aliphatic carbocycles. The molecular weight excluding hydrogens is 302 g/mol. The summed E-state index contributed by atoms with van der Waals surface area (Å²) in [6, 6.07) is 11.8. The molecule has 0 spiro atoms. The van der Waals surface area contributed by atoms with Crippen LogP contribution in [0, 0.1) is 5.92 Å². The molecule has 2 heterocycles. The molecule has 1 aromatic heterocycles. The van der Waals surface area contributed by atoms with E-state index in [1.54, 1.807) is 0 Å². The summed E-state index contributed by atoms with van der Waals surface area (Å²) in [5.41, 5.74) is 1.50. The van der Waals surface area contributed by atoms with Crippen LogP contribution in [0.15, 0.2) is 36.4 Å². The summed E-state index contributed by atoms with van der Waals surface area (Å²) < 4.78 is 7.59. The van der Waals surface area contributed by atoms with E-state index in [0.29, 0.717) is 18.2 Å². The third-order valence-electron chi connectivity index (χ3n) is 5.09. The van der Waals surface area contributed by atoms with E-state index in [2.05, 4.69) is 12.0 Å². The number of nitrogens with zero attached hydrogens (tertiary/aromatic N) is 3. The average molecular weight is 325 g/mol. The van der Waals surface area contributed by atoms with Crippen LogP contribution in [-0.4, -0.2) is 33.2 Å². The molecule has 24 heavy (non-hydrogen) atoms. The van der Waals surface area contributed by atoms with Crippen LogP contribution in [0.25, 0.3) is 0 Å². The first-order valence-corrected chi connectivity index (χ1v) is 8.76. The first kappa shape index (κ1) is 15.2. The van der Waals surface area contributed by atoms with Crippen molar-refractivity contribution < 1.29 is 9.53 Å². The minimum Gasteiger partial charge on any atom is -0.487 e. The van der Waals surface area contributed by atoms with Crippen LogP contribution in [0.3, 0.4) is 0 Å². The van der Waals surface area contributed by atoms with Gasteiger partial charge in [0.25, 0.3) is 5.91 Å². The molecule has 0 bridgehead atoms. The van der Waals surface area contributed by atoms with Crippen molar-refractivity contribution in [3.05, 3.63) is 47.8 Å². The van der Waals surface area contributed by atoms with Crippen LogP contribution in [0.4, 0.5) is 0 Å². The summed E-state index contributed by atoms with van der Waals surface area (Å²) in [6.07, 6.45) is 3.82. The van der Waals surface area contributed by atoms with E-state index < -0.39 is 0 Å². The van der Waals surface area contributed by atoms with E-state index in [-0.39, 0.29) is 11.9 Å².